The van der Waals surface area contributed by atoms with E-state index in [0.717, 1.165) is 18.0 Å². The maximum absolute atomic E-state index is 14.0. The number of hydrogen-bond acceptors (Lipinski definition) is 7. The highest BCUT2D eigenvalue weighted by molar-refractivity contribution is 5.79. The van der Waals surface area contributed by atoms with Crippen molar-refractivity contribution in [2.75, 3.05) is 26.2 Å². The lowest BCUT2D eigenvalue weighted by Gasteiger charge is -2.44. The number of rotatable bonds is 6. The third-order valence-corrected chi connectivity index (χ3v) is 7.21. The molecule has 0 N–H and O–H groups in total. The molecule has 0 saturated carbocycles. The van der Waals surface area contributed by atoms with Gasteiger partial charge in [0.15, 0.2) is 5.65 Å². The van der Waals surface area contributed by atoms with Gasteiger partial charge in [-0.05, 0) is 63.4 Å². The molecule has 35 heavy (non-hydrogen) atoms. The van der Waals surface area contributed by atoms with E-state index in [1.54, 1.807) is 6.20 Å². The van der Waals surface area contributed by atoms with Crippen LogP contribution in [0.3, 0.4) is 0 Å². The Morgan fingerprint density at radius 1 is 1.09 bits per heavy atom. The molecule has 7 rings (SSSR count). The zero-order chi connectivity index (χ0) is 23.9. The van der Waals surface area contributed by atoms with Crippen molar-refractivity contribution < 1.29 is 9.13 Å². The summed E-state index contributed by atoms with van der Waals surface area (Å²) < 4.78 is 21.6. The highest BCUT2D eigenvalue weighted by Crippen LogP contribution is 2.38. The molecule has 4 aromatic rings. The van der Waals surface area contributed by atoms with Crippen LogP contribution in [0.5, 0.6) is 6.01 Å². The maximum atomic E-state index is 14.0. The molecule has 8 nitrogen and oxygen atoms in total. The Morgan fingerprint density at radius 2 is 1.94 bits per heavy atom. The third kappa shape index (κ3) is 4.14. The second-order valence-corrected chi connectivity index (χ2v) is 9.45. The molecule has 2 bridgehead atoms. The van der Waals surface area contributed by atoms with Crippen LogP contribution in [0.25, 0.3) is 22.6 Å². The van der Waals surface area contributed by atoms with Gasteiger partial charge in [0, 0.05) is 36.1 Å². The number of aryl methyl sites for hydroxylation is 1. The van der Waals surface area contributed by atoms with E-state index in [-0.39, 0.29) is 0 Å². The quantitative estimate of drug-likeness (QED) is 0.419. The first-order valence-electron chi connectivity index (χ1n) is 12.2. The van der Waals surface area contributed by atoms with E-state index in [0.29, 0.717) is 53.3 Å². The molecule has 0 aromatic carbocycles. The summed E-state index contributed by atoms with van der Waals surface area (Å²) in [6.07, 6.45) is 7.28. The first-order valence-corrected chi connectivity index (χ1v) is 12.2. The van der Waals surface area contributed by atoms with Crippen molar-refractivity contribution in [3.8, 4) is 17.4 Å². The second-order valence-electron chi connectivity index (χ2n) is 9.45. The fraction of sp³-hybridized carbons (Fsp3) is 0.423. The molecule has 1 atom stereocenters. The Labute approximate surface area is 203 Å². The summed E-state index contributed by atoms with van der Waals surface area (Å²) in [5.74, 6) is 1.42. The molecule has 0 aliphatic carbocycles. The summed E-state index contributed by atoms with van der Waals surface area (Å²) in [7, 11) is 0. The van der Waals surface area contributed by atoms with Crippen LogP contribution in [0, 0.1) is 18.7 Å². The number of ether oxygens (including phenoxy) is 1. The molecule has 0 amide bonds. The smallest absolute Gasteiger partial charge is 0.318 e. The third-order valence-electron chi connectivity index (χ3n) is 7.21. The Balaban J connectivity index is 1.39. The lowest BCUT2D eigenvalue weighted by molar-refractivity contribution is 0.0854. The number of halogens is 1. The van der Waals surface area contributed by atoms with E-state index in [1.165, 1.54) is 43.9 Å². The standard InChI is InChI=1S/C26H28FN7O/c1-3-35-26-30-16(2)23-25(32-26)34(24(31-23)19-10-20(27)13-28-12-19)14-17-4-5-22(29-11-17)21-15-33-8-6-18(21)7-9-33/h4-5,10-13,18,21H,3,6-9,14-15H2,1-2H3/t21-/m1/s1. The van der Waals surface area contributed by atoms with Crippen molar-refractivity contribution in [2.24, 2.45) is 5.92 Å². The van der Waals surface area contributed by atoms with Crippen LogP contribution >= 0.6 is 0 Å². The largest absolute Gasteiger partial charge is 0.464 e. The highest BCUT2D eigenvalue weighted by Gasteiger charge is 2.35. The molecule has 3 fully saturated rings. The van der Waals surface area contributed by atoms with Gasteiger partial charge < -0.3 is 14.2 Å². The van der Waals surface area contributed by atoms with Crippen molar-refractivity contribution >= 4 is 11.2 Å². The van der Waals surface area contributed by atoms with Crippen LogP contribution in [0.2, 0.25) is 0 Å². The topological polar surface area (TPSA) is 81.9 Å². The minimum atomic E-state index is -0.414. The minimum absolute atomic E-state index is 0.304. The van der Waals surface area contributed by atoms with E-state index in [2.05, 4.69) is 32.0 Å². The van der Waals surface area contributed by atoms with E-state index in [1.807, 2.05) is 24.6 Å². The number of fused-ring (bicyclic) bond motifs is 4. The summed E-state index contributed by atoms with van der Waals surface area (Å²) in [4.78, 5) is 25.3. The normalized spacial score (nSPS) is 21.5. The van der Waals surface area contributed by atoms with Crippen molar-refractivity contribution in [1.29, 1.82) is 0 Å². The summed E-state index contributed by atoms with van der Waals surface area (Å²) in [6, 6.07) is 6.04. The van der Waals surface area contributed by atoms with Crippen molar-refractivity contribution in [3.63, 3.8) is 0 Å². The van der Waals surface area contributed by atoms with Gasteiger partial charge in [-0.15, -0.1) is 0 Å². The highest BCUT2D eigenvalue weighted by atomic mass is 19.1. The van der Waals surface area contributed by atoms with Crippen molar-refractivity contribution in [1.82, 2.24) is 34.4 Å². The van der Waals surface area contributed by atoms with Gasteiger partial charge in [0.05, 0.1) is 25.0 Å². The molecular weight excluding hydrogens is 445 g/mol. The van der Waals surface area contributed by atoms with Gasteiger partial charge in [0.1, 0.15) is 17.2 Å². The lowest BCUT2D eigenvalue weighted by atomic mass is 9.77. The predicted molar refractivity (Wildman–Crippen MR) is 130 cm³/mol. The van der Waals surface area contributed by atoms with Gasteiger partial charge in [0.25, 0.3) is 0 Å². The van der Waals surface area contributed by atoms with Gasteiger partial charge in [0.2, 0.25) is 0 Å². The first kappa shape index (κ1) is 22.0. The van der Waals surface area contributed by atoms with E-state index < -0.39 is 5.82 Å². The second kappa shape index (κ2) is 8.96. The molecule has 7 heterocycles. The number of nitrogens with zero attached hydrogens (tertiary/aromatic N) is 7. The van der Waals surface area contributed by atoms with Gasteiger partial charge >= 0.3 is 6.01 Å². The molecule has 3 aliphatic rings. The molecule has 0 spiro atoms. The fourth-order valence-corrected chi connectivity index (χ4v) is 5.44. The Hall–Kier alpha value is -3.46. The SMILES string of the molecule is CCOc1nc(C)c2nc(-c3cncc(F)c3)n(Cc3ccc([C@@H]4CN5CCC4CC5)nc3)c2n1. The number of aromatic nitrogens is 6. The average Bonchev–Trinajstić information content (AvgIpc) is 3.24. The average molecular weight is 474 g/mol. The molecule has 0 unspecified atom stereocenters. The molecular formula is C26H28FN7O. The van der Waals surface area contributed by atoms with Crippen molar-refractivity contribution in [2.45, 2.75) is 39.2 Å². The molecule has 4 aromatic heterocycles. The predicted octanol–water partition coefficient (Wildman–Crippen LogP) is 3.99. The molecule has 180 valence electrons. The first-order chi connectivity index (χ1) is 17.1. The van der Waals surface area contributed by atoms with Crippen LogP contribution in [-0.4, -0.2) is 60.6 Å². The van der Waals surface area contributed by atoms with E-state index in [4.69, 9.17) is 14.7 Å². The Morgan fingerprint density at radius 3 is 2.63 bits per heavy atom. The van der Waals surface area contributed by atoms with Crippen LogP contribution in [0.1, 0.15) is 42.6 Å². The minimum Gasteiger partial charge on any atom is -0.464 e. The summed E-state index contributed by atoms with van der Waals surface area (Å²) in [6.45, 7) is 8.26. The Bertz CT molecular complexity index is 1360. The van der Waals surface area contributed by atoms with Crippen LogP contribution in [-0.2, 0) is 6.54 Å². The molecule has 9 heteroatoms. The summed E-state index contributed by atoms with van der Waals surface area (Å²) in [5.41, 5.74) is 4.78. The number of hydrogen-bond donors (Lipinski definition) is 0. The number of pyridine rings is 2. The van der Waals surface area contributed by atoms with Crippen LogP contribution < -0.4 is 4.74 Å². The van der Waals surface area contributed by atoms with Crippen LogP contribution in [0.4, 0.5) is 4.39 Å². The van der Waals surface area contributed by atoms with Gasteiger partial charge in [-0.2, -0.15) is 9.97 Å². The molecule has 3 saturated heterocycles. The maximum Gasteiger partial charge on any atom is 0.318 e. The van der Waals surface area contributed by atoms with Gasteiger partial charge in [-0.1, -0.05) is 6.07 Å². The van der Waals surface area contributed by atoms with E-state index >= 15 is 0 Å². The van der Waals surface area contributed by atoms with Gasteiger partial charge in [-0.3, -0.25) is 9.97 Å². The monoisotopic (exact) mass is 473 g/mol. The zero-order valence-corrected chi connectivity index (χ0v) is 20.0. The number of imidazole rings is 1. The lowest BCUT2D eigenvalue weighted by Crippen LogP contribution is -2.46. The van der Waals surface area contributed by atoms with Crippen molar-refractivity contribution in [3.05, 3.63) is 59.6 Å². The fourth-order valence-electron chi connectivity index (χ4n) is 5.44. The summed E-state index contributed by atoms with van der Waals surface area (Å²) in [5, 5.41) is 0. The summed E-state index contributed by atoms with van der Waals surface area (Å²) >= 11 is 0. The van der Waals surface area contributed by atoms with Gasteiger partial charge in [-0.25, -0.2) is 9.37 Å². The van der Waals surface area contributed by atoms with E-state index in [9.17, 15) is 4.39 Å². The molecule has 0 radical (unpaired) electrons. The Kier molecular flexibility index (Phi) is 5.64. The van der Waals surface area contributed by atoms with Crippen LogP contribution in [0.15, 0.2) is 36.8 Å². The zero-order valence-electron chi connectivity index (χ0n) is 20.0. The number of piperidine rings is 3. The molecule has 3 aliphatic heterocycles.